The summed E-state index contributed by atoms with van der Waals surface area (Å²) < 4.78 is 5.15. The van der Waals surface area contributed by atoms with E-state index in [1.54, 1.807) is 0 Å². The van der Waals surface area contributed by atoms with E-state index in [4.69, 9.17) is 16.3 Å². The van der Waals surface area contributed by atoms with Crippen molar-refractivity contribution in [1.29, 1.82) is 0 Å². The lowest BCUT2D eigenvalue weighted by Gasteiger charge is -2.19. The van der Waals surface area contributed by atoms with Gasteiger partial charge in [0.1, 0.15) is 5.60 Å². The van der Waals surface area contributed by atoms with Gasteiger partial charge in [-0.3, -0.25) is 0 Å². The Morgan fingerprint density at radius 2 is 2.06 bits per heavy atom. The fraction of sp³-hybridized carbons (Fsp3) is 0.500. The average Bonchev–Trinajstić information content (AvgIpc) is 2.20. The van der Waals surface area contributed by atoms with Gasteiger partial charge in [-0.25, -0.2) is 4.79 Å². The third-order valence-electron chi connectivity index (χ3n) is 2.30. The number of hydrogen-bond donors (Lipinski definition) is 1. The number of carbonyl (C=O) groups is 1. The number of halogens is 1. The molecule has 0 aliphatic heterocycles. The van der Waals surface area contributed by atoms with Gasteiger partial charge < -0.3 is 10.1 Å². The molecule has 18 heavy (non-hydrogen) atoms. The molecule has 1 N–H and O–H groups in total. The van der Waals surface area contributed by atoms with Gasteiger partial charge >= 0.3 is 6.09 Å². The number of benzene rings is 1. The molecule has 0 aliphatic rings. The number of nitrogens with one attached hydrogen (secondary N) is 1. The summed E-state index contributed by atoms with van der Waals surface area (Å²) in [6, 6.07) is 5.87. The predicted molar refractivity (Wildman–Crippen MR) is 74.1 cm³/mol. The molecule has 1 rings (SSSR count). The molecule has 0 unspecified atom stereocenters. The molecule has 0 fully saturated rings. The highest BCUT2D eigenvalue weighted by atomic mass is 35.5. The molecule has 3 nitrogen and oxygen atoms in total. The average molecular weight is 270 g/mol. The largest absolute Gasteiger partial charge is 0.444 e. The lowest BCUT2D eigenvalue weighted by atomic mass is 10.1. The second-order valence-electron chi connectivity index (χ2n) is 5.26. The Balaban J connectivity index is 2.38. The Hall–Kier alpha value is -1.22. The highest BCUT2D eigenvalue weighted by Crippen LogP contribution is 2.16. The molecular weight excluding hydrogens is 250 g/mol. The summed E-state index contributed by atoms with van der Waals surface area (Å²) in [5.74, 6) is 0. The van der Waals surface area contributed by atoms with E-state index < -0.39 is 5.60 Å². The molecule has 1 aromatic rings. The number of rotatable bonds is 3. The monoisotopic (exact) mass is 269 g/mol. The first kappa shape index (κ1) is 14.8. The fourth-order valence-electron chi connectivity index (χ4n) is 1.49. The van der Waals surface area contributed by atoms with Crippen LogP contribution in [0.1, 0.15) is 31.9 Å². The standard InChI is InChI=1S/C14H20ClNO2/c1-10-9-11(5-6-12(10)15)7-8-16-13(17)18-14(2,3)4/h5-6,9H,7-8H2,1-4H3,(H,16,17). The van der Waals surface area contributed by atoms with Gasteiger partial charge in [-0.05, 0) is 51.3 Å². The summed E-state index contributed by atoms with van der Waals surface area (Å²) in [5.41, 5.74) is 1.74. The van der Waals surface area contributed by atoms with Crippen LogP contribution in [0.2, 0.25) is 5.02 Å². The predicted octanol–water partition coefficient (Wildman–Crippen LogP) is 3.72. The van der Waals surface area contributed by atoms with Gasteiger partial charge in [0, 0.05) is 11.6 Å². The highest BCUT2D eigenvalue weighted by molar-refractivity contribution is 6.31. The maximum absolute atomic E-state index is 11.4. The second-order valence-corrected chi connectivity index (χ2v) is 5.67. The van der Waals surface area contributed by atoms with Crippen LogP contribution in [0, 0.1) is 6.92 Å². The number of aryl methyl sites for hydroxylation is 1. The zero-order chi connectivity index (χ0) is 13.8. The first-order chi connectivity index (χ1) is 8.28. The molecule has 0 spiro atoms. The quantitative estimate of drug-likeness (QED) is 0.908. The van der Waals surface area contributed by atoms with Crippen molar-refractivity contribution in [1.82, 2.24) is 5.32 Å². The zero-order valence-corrected chi connectivity index (χ0v) is 12.1. The molecule has 0 bridgehead atoms. The van der Waals surface area contributed by atoms with Crippen LogP contribution in [-0.2, 0) is 11.2 Å². The first-order valence-electron chi connectivity index (χ1n) is 6.00. The van der Waals surface area contributed by atoms with Crippen LogP contribution in [0.4, 0.5) is 4.79 Å². The zero-order valence-electron chi connectivity index (χ0n) is 11.3. The van der Waals surface area contributed by atoms with E-state index in [-0.39, 0.29) is 6.09 Å². The van der Waals surface area contributed by atoms with Crippen molar-refractivity contribution in [2.24, 2.45) is 0 Å². The molecular formula is C14H20ClNO2. The van der Waals surface area contributed by atoms with Crippen LogP contribution in [0.5, 0.6) is 0 Å². The van der Waals surface area contributed by atoms with Crippen molar-refractivity contribution in [2.75, 3.05) is 6.54 Å². The van der Waals surface area contributed by atoms with Crippen molar-refractivity contribution in [3.63, 3.8) is 0 Å². The summed E-state index contributed by atoms with van der Waals surface area (Å²) in [6.07, 6.45) is 0.380. The van der Waals surface area contributed by atoms with Crippen molar-refractivity contribution < 1.29 is 9.53 Å². The minimum absolute atomic E-state index is 0.381. The normalized spacial score (nSPS) is 11.2. The second kappa shape index (κ2) is 6.10. The van der Waals surface area contributed by atoms with E-state index in [1.165, 1.54) is 0 Å². The van der Waals surface area contributed by atoms with Crippen molar-refractivity contribution >= 4 is 17.7 Å². The van der Waals surface area contributed by atoms with Gasteiger partial charge in [0.05, 0.1) is 0 Å². The number of carbonyl (C=O) groups excluding carboxylic acids is 1. The van der Waals surface area contributed by atoms with Gasteiger partial charge in [0.25, 0.3) is 0 Å². The maximum Gasteiger partial charge on any atom is 0.407 e. The molecule has 0 aliphatic carbocycles. The Morgan fingerprint density at radius 1 is 1.39 bits per heavy atom. The topological polar surface area (TPSA) is 38.3 Å². The molecule has 0 radical (unpaired) electrons. The maximum atomic E-state index is 11.4. The molecule has 100 valence electrons. The van der Waals surface area contributed by atoms with Crippen LogP contribution >= 0.6 is 11.6 Å². The van der Waals surface area contributed by atoms with Gasteiger partial charge in [-0.2, -0.15) is 0 Å². The summed E-state index contributed by atoms with van der Waals surface area (Å²) >= 11 is 5.95. The van der Waals surface area contributed by atoms with E-state index >= 15 is 0 Å². The Bertz CT molecular complexity index is 424. The van der Waals surface area contributed by atoms with Crippen LogP contribution in [0.25, 0.3) is 0 Å². The summed E-state index contributed by atoms with van der Waals surface area (Å²) in [4.78, 5) is 11.4. The Morgan fingerprint density at radius 3 is 2.61 bits per heavy atom. The lowest BCUT2D eigenvalue weighted by Crippen LogP contribution is -2.33. The smallest absolute Gasteiger partial charge is 0.407 e. The van der Waals surface area contributed by atoms with Gasteiger partial charge in [0.15, 0.2) is 0 Å². The number of ether oxygens (including phenoxy) is 1. The third kappa shape index (κ3) is 5.41. The minimum atomic E-state index is -0.457. The molecule has 0 saturated carbocycles. The van der Waals surface area contributed by atoms with Crippen molar-refractivity contribution in [2.45, 2.75) is 39.7 Å². The van der Waals surface area contributed by atoms with E-state index in [2.05, 4.69) is 5.32 Å². The Kier molecular flexibility index (Phi) is 5.03. The summed E-state index contributed by atoms with van der Waals surface area (Å²) in [5, 5.41) is 3.49. The number of alkyl carbamates (subject to hydrolysis) is 1. The summed E-state index contributed by atoms with van der Waals surface area (Å²) in [7, 11) is 0. The van der Waals surface area contributed by atoms with E-state index in [9.17, 15) is 4.79 Å². The summed E-state index contributed by atoms with van der Waals surface area (Å²) in [6.45, 7) is 8.04. The van der Waals surface area contributed by atoms with Crippen LogP contribution < -0.4 is 5.32 Å². The Labute approximate surface area is 113 Å². The molecule has 1 aromatic carbocycles. The lowest BCUT2D eigenvalue weighted by molar-refractivity contribution is 0.0528. The van der Waals surface area contributed by atoms with Gasteiger partial charge in [-0.1, -0.05) is 23.7 Å². The van der Waals surface area contributed by atoms with Crippen LogP contribution in [0.15, 0.2) is 18.2 Å². The first-order valence-corrected chi connectivity index (χ1v) is 6.37. The van der Waals surface area contributed by atoms with Crippen LogP contribution in [0.3, 0.4) is 0 Å². The SMILES string of the molecule is Cc1cc(CCNC(=O)OC(C)(C)C)ccc1Cl. The van der Waals surface area contributed by atoms with E-state index in [0.29, 0.717) is 6.54 Å². The number of amides is 1. The van der Waals surface area contributed by atoms with E-state index in [1.807, 2.05) is 45.9 Å². The van der Waals surface area contributed by atoms with E-state index in [0.717, 1.165) is 22.6 Å². The molecule has 0 heterocycles. The fourth-order valence-corrected chi connectivity index (χ4v) is 1.60. The molecule has 0 saturated heterocycles. The minimum Gasteiger partial charge on any atom is -0.444 e. The van der Waals surface area contributed by atoms with Crippen molar-refractivity contribution in [3.05, 3.63) is 34.3 Å². The molecule has 0 atom stereocenters. The van der Waals surface area contributed by atoms with Crippen molar-refractivity contribution in [3.8, 4) is 0 Å². The van der Waals surface area contributed by atoms with Crippen LogP contribution in [-0.4, -0.2) is 18.2 Å². The third-order valence-corrected chi connectivity index (χ3v) is 2.73. The molecule has 0 aromatic heterocycles. The molecule has 1 amide bonds. The van der Waals surface area contributed by atoms with Gasteiger partial charge in [-0.15, -0.1) is 0 Å². The highest BCUT2D eigenvalue weighted by Gasteiger charge is 2.15. The van der Waals surface area contributed by atoms with Gasteiger partial charge in [0.2, 0.25) is 0 Å². The molecule has 4 heteroatoms. The number of hydrogen-bond acceptors (Lipinski definition) is 2.